The maximum Gasteiger partial charge on any atom is 0.120 e. The summed E-state index contributed by atoms with van der Waals surface area (Å²) >= 11 is 0. The molecular weight excluding hydrogens is 370 g/mol. The van der Waals surface area contributed by atoms with Crippen LogP contribution in [0.1, 0.15) is 30.0 Å². The average Bonchev–Trinajstić information content (AvgIpc) is 2.78. The van der Waals surface area contributed by atoms with E-state index in [0.717, 1.165) is 29.8 Å². The molecule has 0 spiro atoms. The summed E-state index contributed by atoms with van der Waals surface area (Å²) in [4.78, 5) is 2.16. The third-order valence-corrected chi connectivity index (χ3v) is 5.71. The highest BCUT2D eigenvalue weighted by molar-refractivity contribution is 5.34. The first kappa shape index (κ1) is 22.1. The zero-order valence-corrected chi connectivity index (χ0v) is 18.3. The van der Waals surface area contributed by atoms with Crippen molar-refractivity contribution in [2.45, 2.75) is 32.0 Å². The van der Waals surface area contributed by atoms with Crippen LogP contribution in [0.4, 0.5) is 0 Å². The summed E-state index contributed by atoms with van der Waals surface area (Å²) in [5.41, 5.74) is 2.35. The highest BCUT2D eigenvalue weighted by Crippen LogP contribution is 2.37. The standard InChI is InChI=1S/C27H33NO2/c1-4-27(29,25(20-28(2)3)18-22-12-7-5-8-13-22)24-16-11-17-26(19-24)30-21-23-14-9-6-10-15-23/h5-17,19,25,29H,4,18,20-21H2,1-3H3. The highest BCUT2D eigenvalue weighted by atomic mass is 16.5. The van der Waals surface area contributed by atoms with Crippen molar-refractivity contribution < 1.29 is 9.84 Å². The lowest BCUT2D eigenvalue weighted by Crippen LogP contribution is -2.41. The van der Waals surface area contributed by atoms with Crippen molar-refractivity contribution in [1.82, 2.24) is 4.90 Å². The van der Waals surface area contributed by atoms with Gasteiger partial charge in [0, 0.05) is 12.5 Å². The summed E-state index contributed by atoms with van der Waals surface area (Å²) < 4.78 is 6.03. The largest absolute Gasteiger partial charge is 0.489 e. The van der Waals surface area contributed by atoms with Gasteiger partial charge in [-0.1, -0.05) is 79.7 Å². The van der Waals surface area contributed by atoms with E-state index in [0.29, 0.717) is 13.0 Å². The third-order valence-electron chi connectivity index (χ3n) is 5.71. The van der Waals surface area contributed by atoms with Crippen LogP contribution in [0.25, 0.3) is 0 Å². The lowest BCUT2D eigenvalue weighted by atomic mass is 9.76. The normalized spacial score (nSPS) is 14.3. The summed E-state index contributed by atoms with van der Waals surface area (Å²) in [5.74, 6) is 0.843. The number of aliphatic hydroxyl groups is 1. The maximum atomic E-state index is 11.9. The van der Waals surface area contributed by atoms with E-state index in [2.05, 4.69) is 62.3 Å². The Bertz CT molecular complexity index is 895. The Morgan fingerprint density at radius 1 is 0.867 bits per heavy atom. The average molecular weight is 404 g/mol. The molecule has 0 saturated carbocycles. The molecule has 0 aliphatic heterocycles. The van der Waals surface area contributed by atoms with Crippen LogP contribution in [-0.4, -0.2) is 30.6 Å². The van der Waals surface area contributed by atoms with Gasteiger partial charge in [0.15, 0.2) is 0 Å². The lowest BCUT2D eigenvalue weighted by Gasteiger charge is -2.38. The van der Waals surface area contributed by atoms with Crippen LogP contribution in [0.2, 0.25) is 0 Å². The number of benzene rings is 3. The van der Waals surface area contributed by atoms with E-state index in [4.69, 9.17) is 4.74 Å². The van der Waals surface area contributed by atoms with E-state index in [1.807, 2.05) is 48.5 Å². The van der Waals surface area contributed by atoms with E-state index in [1.165, 1.54) is 5.56 Å². The number of rotatable bonds is 10. The van der Waals surface area contributed by atoms with Crippen molar-refractivity contribution in [3.8, 4) is 5.75 Å². The highest BCUT2D eigenvalue weighted by Gasteiger charge is 2.37. The summed E-state index contributed by atoms with van der Waals surface area (Å²) in [5, 5.41) is 11.9. The van der Waals surface area contributed by atoms with Crippen LogP contribution in [0.15, 0.2) is 84.9 Å². The van der Waals surface area contributed by atoms with Gasteiger partial charge in [0.2, 0.25) is 0 Å². The molecule has 30 heavy (non-hydrogen) atoms. The summed E-state index contributed by atoms with van der Waals surface area (Å²) in [6.07, 6.45) is 1.46. The second-order valence-electron chi connectivity index (χ2n) is 8.23. The van der Waals surface area contributed by atoms with Gasteiger partial charge in [0.1, 0.15) is 12.4 Å². The second kappa shape index (κ2) is 10.4. The molecule has 0 fully saturated rings. The third kappa shape index (κ3) is 5.71. The minimum atomic E-state index is -0.938. The molecule has 1 N–H and O–H groups in total. The van der Waals surface area contributed by atoms with Crippen molar-refractivity contribution in [3.63, 3.8) is 0 Å². The van der Waals surface area contributed by atoms with Crippen molar-refractivity contribution in [1.29, 1.82) is 0 Å². The van der Waals surface area contributed by atoms with Crippen molar-refractivity contribution in [3.05, 3.63) is 102 Å². The number of hydrogen-bond donors (Lipinski definition) is 1. The van der Waals surface area contributed by atoms with E-state index in [-0.39, 0.29) is 5.92 Å². The number of nitrogens with zero attached hydrogens (tertiary/aromatic N) is 1. The van der Waals surface area contributed by atoms with Crippen molar-refractivity contribution in [2.24, 2.45) is 5.92 Å². The molecule has 158 valence electrons. The molecule has 3 rings (SSSR count). The monoisotopic (exact) mass is 403 g/mol. The zero-order valence-electron chi connectivity index (χ0n) is 18.3. The van der Waals surface area contributed by atoms with Gasteiger partial charge in [-0.05, 0) is 55.8 Å². The maximum absolute atomic E-state index is 11.9. The van der Waals surface area contributed by atoms with Gasteiger partial charge in [-0.2, -0.15) is 0 Å². The van der Waals surface area contributed by atoms with Crippen LogP contribution in [-0.2, 0) is 18.6 Å². The van der Waals surface area contributed by atoms with E-state index < -0.39 is 5.60 Å². The Labute approximate surface area is 180 Å². The molecule has 0 radical (unpaired) electrons. The molecule has 0 aromatic heterocycles. The van der Waals surface area contributed by atoms with Crippen LogP contribution >= 0.6 is 0 Å². The van der Waals surface area contributed by atoms with Crippen molar-refractivity contribution >= 4 is 0 Å². The fourth-order valence-electron chi connectivity index (χ4n) is 4.05. The van der Waals surface area contributed by atoms with Gasteiger partial charge in [-0.25, -0.2) is 0 Å². The Kier molecular flexibility index (Phi) is 7.67. The van der Waals surface area contributed by atoms with Gasteiger partial charge < -0.3 is 14.7 Å². The SMILES string of the molecule is CCC(O)(c1cccc(OCc2ccccc2)c1)C(Cc1ccccc1)CN(C)C. The number of hydrogen-bond acceptors (Lipinski definition) is 3. The van der Waals surface area contributed by atoms with Crippen LogP contribution in [0.3, 0.4) is 0 Å². The zero-order chi connectivity index (χ0) is 21.4. The molecule has 3 aromatic rings. The van der Waals surface area contributed by atoms with Gasteiger partial charge in [-0.3, -0.25) is 0 Å². The molecular formula is C27H33NO2. The Balaban J connectivity index is 1.84. The summed E-state index contributed by atoms with van der Waals surface area (Å²) in [7, 11) is 4.13. The summed E-state index contributed by atoms with van der Waals surface area (Å²) in [6.45, 7) is 3.37. The molecule has 3 aromatic carbocycles. The van der Waals surface area contributed by atoms with E-state index >= 15 is 0 Å². The van der Waals surface area contributed by atoms with Crippen LogP contribution in [0, 0.1) is 5.92 Å². The van der Waals surface area contributed by atoms with Gasteiger partial charge in [0.25, 0.3) is 0 Å². The Morgan fingerprint density at radius 2 is 1.50 bits per heavy atom. The minimum absolute atomic E-state index is 0.0595. The Hall–Kier alpha value is -2.62. The molecule has 0 aliphatic rings. The molecule has 0 saturated heterocycles. The molecule has 0 amide bonds. The predicted octanol–water partition coefficient (Wildman–Crippen LogP) is 5.28. The van der Waals surface area contributed by atoms with E-state index in [1.54, 1.807) is 0 Å². The predicted molar refractivity (Wildman–Crippen MR) is 124 cm³/mol. The van der Waals surface area contributed by atoms with Gasteiger partial charge in [-0.15, -0.1) is 0 Å². The van der Waals surface area contributed by atoms with E-state index in [9.17, 15) is 5.11 Å². The first-order chi connectivity index (χ1) is 14.5. The first-order valence-corrected chi connectivity index (χ1v) is 10.7. The second-order valence-corrected chi connectivity index (χ2v) is 8.23. The fourth-order valence-corrected chi connectivity index (χ4v) is 4.05. The topological polar surface area (TPSA) is 32.7 Å². The quantitative estimate of drug-likeness (QED) is 0.500. The Morgan fingerprint density at radius 3 is 2.10 bits per heavy atom. The molecule has 2 unspecified atom stereocenters. The minimum Gasteiger partial charge on any atom is -0.489 e. The van der Waals surface area contributed by atoms with Crippen LogP contribution < -0.4 is 4.74 Å². The van der Waals surface area contributed by atoms with Crippen LogP contribution in [0.5, 0.6) is 5.75 Å². The first-order valence-electron chi connectivity index (χ1n) is 10.7. The van der Waals surface area contributed by atoms with Gasteiger partial charge in [0.05, 0.1) is 5.60 Å². The lowest BCUT2D eigenvalue weighted by molar-refractivity contribution is -0.0367. The molecule has 0 bridgehead atoms. The molecule has 3 heteroatoms. The molecule has 2 atom stereocenters. The molecule has 3 nitrogen and oxygen atoms in total. The summed E-state index contributed by atoms with van der Waals surface area (Å²) in [6, 6.07) is 28.5. The fraction of sp³-hybridized carbons (Fsp3) is 0.333. The van der Waals surface area contributed by atoms with Gasteiger partial charge >= 0.3 is 0 Å². The number of ether oxygens (including phenoxy) is 1. The molecule has 0 aliphatic carbocycles. The smallest absolute Gasteiger partial charge is 0.120 e. The molecule has 0 heterocycles. The van der Waals surface area contributed by atoms with Crippen molar-refractivity contribution in [2.75, 3.05) is 20.6 Å².